The van der Waals surface area contributed by atoms with E-state index in [0.29, 0.717) is 5.88 Å². The highest BCUT2D eigenvalue weighted by Gasteiger charge is 2.22. The largest absolute Gasteiger partial charge is 0.375 e. The van der Waals surface area contributed by atoms with Crippen LogP contribution in [0.25, 0.3) is 0 Å². The van der Waals surface area contributed by atoms with Gasteiger partial charge in [0.15, 0.2) is 0 Å². The van der Waals surface area contributed by atoms with E-state index in [9.17, 15) is 0 Å². The molecule has 1 aromatic rings. The topological polar surface area (TPSA) is 25.4 Å². The second-order valence-corrected chi connectivity index (χ2v) is 6.50. The lowest BCUT2D eigenvalue weighted by Crippen LogP contribution is -2.41. The van der Waals surface area contributed by atoms with Gasteiger partial charge in [-0.05, 0) is 24.6 Å². The van der Waals surface area contributed by atoms with Crippen molar-refractivity contribution in [2.75, 3.05) is 24.6 Å². The summed E-state index contributed by atoms with van der Waals surface area (Å²) in [7, 11) is 0. The second kappa shape index (κ2) is 5.68. The molecule has 0 amide bonds. The van der Waals surface area contributed by atoms with Crippen LogP contribution in [0, 0.1) is 0 Å². The van der Waals surface area contributed by atoms with Crippen LogP contribution in [0.15, 0.2) is 12.1 Å². The minimum atomic E-state index is 0.0364. The van der Waals surface area contributed by atoms with E-state index in [2.05, 4.69) is 44.7 Å². The molecule has 0 bridgehead atoms. The average Bonchev–Trinajstić information content (AvgIpc) is 2.37. The Morgan fingerprint density at radius 1 is 1.42 bits per heavy atom. The van der Waals surface area contributed by atoms with Crippen LogP contribution >= 0.6 is 11.6 Å². The molecule has 4 heteroatoms. The molecule has 0 spiro atoms. The van der Waals surface area contributed by atoms with Crippen molar-refractivity contribution in [2.45, 2.75) is 45.1 Å². The molecule has 1 aliphatic rings. The number of aromatic nitrogens is 1. The van der Waals surface area contributed by atoms with Crippen molar-refractivity contribution in [3.8, 4) is 0 Å². The van der Waals surface area contributed by atoms with Crippen LogP contribution in [0.1, 0.15) is 39.0 Å². The number of morpholine rings is 1. The van der Waals surface area contributed by atoms with Crippen molar-refractivity contribution in [3.63, 3.8) is 0 Å². The molecule has 0 aromatic carbocycles. The third kappa shape index (κ3) is 3.61. The molecular weight excluding hydrogens is 260 g/mol. The third-order valence-electron chi connectivity index (χ3n) is 3.36. The number of pyridine rings is 1. The first-order valence-corrected chi connectivity index (χ1v) is 7.37. The van der Waals surface area contributed by atoms with E-state index in [0.717, 1.165) is 36.8 Å². The predicted octanol–water partition coefficient (Wildman–Crippen LogP) is 3.34. The van der Waals surface area contributed by atoms with Gasteiger partial charge in [0, 0.05) is 30.1 Å². The Labute approximate surface area is 120 Å². The van der Waals surface area contributed by atoms with E-state index < -0.39 is 0 Å². The molecule has 1 aliphatic heterocycles. The minimum absolute atomic E-state index is 0.0364. The van der Waals surface area contributed by atoms with Crippen molar-refractivity contribution in [1.29, 1.82) is 0 Å². The second-order valence-electron chi connectivity index (χ2n) is 6.23. The van der Waals surface area contributed by atoms with Gasteiger partial charge in [-0.1, -0.05) is 20.8 Å². The van der Waals surface area contributed by atoms with Crippen LogP contribution in [-0.4, -0.2) is 30.8 Å². The predicted molar refractivity (Wildman–Crippen MR) is 80.1 cm³/mol. The Morgan fingerprint density at radius 2 is 2.16 bits per heavy atom. The standard InChI is InChI=1S/C15H23ClN2O/c1-11-10-18(5-6-19-11)14-8-12(9-16)7-13(17-14)15(2,3)4/h7-8,11H,5-6,9-10H2,1-4H3. The van der Waals surface area contributed by atoms with E-state index in [-0.39, 0.29) is 11.5 Å². The van der Waals surface area contributed by atoms with Crippen molar-refractivity contribution < 1.29 is 4.74 Å². The maximum Gasteiger partial charge on any atom is 0.129 e. The van der Waals surface area contributed by atoms with Gasteiger partial charge in [-0.2, -0.15) is 0 Å². The van der Waals surface area contributed by atoms with Crippen LogP contribution in [0.2, 0.25) is 0 Å². The number of halogens is 1. The Morgan fingerprint density at radius 3 is 2.74 bits per heavy atom. The number of hydrogen-bond donors (Lipinski definition) is 0. The molecule has 19 heavy (non-hydrogen) atoms. The van der Waals surface area contributed by atoms with Gasteiger partial charge in [0.2, 0.25) is 0 Å². The molecular formula is C15H23ClN2O. The smallest absolute Gasteiger partial charge is 0.129 e. The number of rotatable bonds is 2. The molecule has 2 rings (SSSR count). The quantitative estimate of drug-likeness (QED) is 0.778. The van der Waals surface area contributed by atoms with Gasteiger partial charge in [0.1, 0.15) is 5.82 Å². The van der Waals surface area contributed by atoms with Crippen LogP contribution in [0.5, 0.6) is 0 Å². The van der Waals surface area contributed by atoms with Gasteiger partial charge in [0.25, 0.3) is 0 Å². The van der Waals surface area contributed by atoms with Gasteiger partial charge in [-0.25, -0.2) is 4.98 Å². The number of alkyl halides is 1. The molecule has 0 saturated carbocycles. The molecule has 106 valence electrons. The monoisotopic (exact) mass is 282 g/mol. The van der Waals surface area contributed by atoms with Crippen molar-refractivity contribution in [1.82, 2.24) is 4.98 Å². The first kappa shape index (κ1) is 14.6. The maximum atomic E-state index is 6.02. The molecule has 3 nitrogen and oxygen atoms in total. The first-order valence-electron chi connectivity index (χ1n) is 6.84. The van der Waals surface area contributed by atoms with Crippen molar-refractivity contribution in [3.05, 3.63) is 23.4 Å². The molecule has 1 fully saturated rings. The zero-order valence-electron chi connectivity index (χ0n) is 12.2. The lowest BCUT2D eigenvalue weighted by atomic mass is 9.91. The molecule has 1 saturated heterocycles. The Kier molecular flexibility index (Phi) is 4.36. The fourth-order valence-electron chi connectivity index (χ4n) is 2.22. The lowest BCUT2D eigenvalue weighted by Gasteiger charge is -2.33. The summed E-state index contributed by atoms with van der Waals surface area (Å²) in [4.78, 5) is 7.11. The highest BCUT2D eigenvalue weighted by molar-refractivity contribution is 6.17. The Bertz CT molecular complexity index is 442. The summed E-state index contributed by atoms with van der Waals surface area (Å²) in [6.45, 7) is 11.2. The fraction of sp³-hybridized carbons (Fsp3) is 0.667. The summed E-state index contributed by atoms with van der Waals surface area (Å²) in [6, 6.07) is 4.21. The SMILES string of the molecule is CC1CN(c2cc(CCl)cc(C(C)(C)C)n2)CCO1. The van der Waals surface area contributed by atoms with E-state index in [4.69, 9.17) is 21.3 Å². The lowest BCUT2D eigenvalue weighted by molar-refractivity contribution is 0.0529. The third-order valence-corrected chi connectivity index (χ3v) is 3.67. The van der Waals surface area contributed by atoms with Crippen LogP contribution in [0.4, 0.5) is 5.82 Å². The molecule has 2 heterocycles. The molecule has 1 aromatic heterocycles. The van der Waals surface area contributed by atoms with E-state index in [1.807, 2.05) is 0 Å². The Balaban J connectivity index is 2.34. The van der Waals surface area contributed by atoms with E-state index in [1.165, 1.54) is 0 Å². The van der Waals surface area contributed by atoms with Gasteiger partial charge in [-0.15, -0.1) is 11.6 Å². The Hall–Kier alpha value is -0.800. The summed E-state index contributed by atoms with van der Waals surface area (Å²) in [5, 5.41) is 0. The van der Waals surface area contributed by atoms with E-state index >= 15 is 0 Å². The van der Waals surface area contributed by atoms with Crippen LogP contribution < -0.4 is 4.90 Å². The molecule has 0 N–H and O–H groups in total. The molecule has 1 unspecified atom stereocenters. The van der Waals surface area contributed by atoms with Gasteiger partial charge in [0.05, 0.1) is 12.7 Å². The summed E-state index contributed by atoms with van der Waals surface area (Å²) < 4.78 is 5.59. The van der Waals surface area contributed by atoms with Crippen LogP contribution in [-0.2, 0) is 16.0 Å². The molecule has 0 radical (unpaired) electrons. The van der Waals surface area contributed by atoms with E-state index in [1.54, 1.807) is 0 Å². The number of hydrogen-bond acceptors (Lipinski definition) is 3. The normalized spacial score (nSPS) is 20.7. The summed E-state index contributed by atoms with van der Waals surface area (Å²) in [6.07, 6.45) is 0.258. The van der Waals surface area contributed by atoms with Crippen molar-refractivity contribution >= 4 is 17.4 Å². The molecule has 1 atom stereocenters. The highest BCUT2D eigenvalue weighted by atomic mass is 35.5. The summed E-state index contributed by atoms with van der Waals surface area (Å²) >= 11 is 6.02. The maximum absolute atomic E-state index is 6.02. The first-order chi connectivity index (χ1) is 8.90. The minimum Gasteiger partial charge on any atom is -0.375 e. The highest BCUT2D eigenvalue weighted by Crippen LogP contribution is 2.26. The summed E-state index contributed by atoms with van der Waals surface area (Å²) in [5.41, 5.74) is 2.27. The van der Waals surface area contributed by atoms with Crippen LogP contribution in [0.3, 0.4) is 0 Å². The zero-order valence-corrected chi connectivity index (χ0v) is 13.0. The van der Waals surface area contributed by atoms with Gasteiger partial charge >= 0.3 is 0 Å². The summed E-state index contributed by atoms with van der Waals surface area (Å²) in [5.74, 6) is 1.55. The van der Waals surface area contributed by atoms with Gasteiger partial charge < -0.3 is 9.64 Å². The molecule has 0 aliphatic carbocycles. The average molecular weight is 283 g/mol. The fourth-order valence-corrected chi connectivity index (χ4v) is 2.38. The van der Waals surface area contributed by atoms with Crippen molar-refractivity contribution in [2.24, 2.45) is 0 Å². The van der Waals surface area contributed by atoms with Gasteiger partial charge in [-0.3, -0.25) is 0 Å². The number of nitrogens with zero attached hydrogens (tertiary/aromatic N) is 2. The number of ether oxygens (including phenoxy) is 1. The number of anilines is 1. The zero-order chi connectivity index (χ0) is 14.0.